The molecule has 0 saturated heterocycles. The number of nitrogens with one attached hydrogen (secondary N) is 1. The number of hydrogen-bond donors (Lipinski definition) is 1. The summed E-state index contributed by atoms with van der Waals surface area (Å²) in [7, 11) is 0. The first kappa shape index (κ1) is 22.9. The molecule has 2 rings (SSSR count). The summed E-state index contributed by atoms with van der Waals surface area (Å²) in [6, 6.07) is 12.7. The lowest BCUT2D eigenvalue weighted by atomic mass is 10.1. The van der Waals surface area contributed by atoms with E-state index in [-0.39, 0.29) is 30.8 Å². The van der Waals surface area contributed by atoms with E-state index < -0.39 is 11.9 Å². The normalized spacial score (nSPS) is 12.9. The molecule has 0 saturated carbocycles. The topological polar surface area (TPSA) is 49.4 Å². The maximum atomic E-state index is 14.1. The Balaban J connectivity index is 2.29. The van der Waals surface area contributed by atoms with Crippen molar-refractivity contribution in [3.8, 4) is 0 Å². The van der Waals surface area contributed by atoms with E-state index in [4.69, 9.17) is 11.6 Å². The van der Waals surface area contributed by atoms with Gasteiger partial charge in [0.15, 0.2) is 0 Å². The second-order valence-electron chi connectivity index (χ2n) is 7.16. The summed E-state index contributed by atoms with van der Waals surface area (Å²) < 4.78 is 14.1. The first-order chi connectivity index (χ1) is 13.8. The highest BCUT2D eigenvalue weighted by atomic mass is 35.5. The van der Waals surface area contributed by atoms with Crippen molar-refractivity contribution in [1.29, 1.82) is 0 Å². The Morgan fingerprint density at radius 2 is 1.72 bits per heavy atom. The standard InChI is InChI=1S/C23H28ClFN2O2/c1-4-16(3)26-23(29)21(5-2)27(15-17-10-12-19(24)13-11-17)22(28)14-18-8-6-7-9-20(18)25/h6-13,16,21H,4-5,14-15H2,1-3H3,(H,26,29)/t16-,21+/m1/s1. The van der Waals surface area contributed by atoms with Crippen LogP contribution in [0.1, 0.15) is 44.7 Å². The fraction of sp³-hybridized carbons (Fsp3) is 0.391. The van der Waals surface area contributed by atoms with Crippen molar-refractivity contribution in [3.63, 3.8) is 0 Å². The summed E-state index contributed by atoms with van der Waals surface area (Å²) in [6.07, 6.45) is 1.15. The third-order valence-corrected chi connectivity index (χ3v) is 5.20. The zero-order chi connectivity index (χ0) is 21.4. The van der Waals surface area contributed by atoms with Crippen molar-refractivity contribution < 1.29 is 14.0 Å². The average molecular weight is 419 g/mol. The van der Waals surface area contributed by atoms with Gasteiger partial charge in [-0.05, 0) is 49.1 Å². The predicted molar refractivity (Wildman–Crippen MR) is 114 cm³/mol. The van der Waals surface area contributed by atoms with Crippen LogP contribution in [0.2, 0.25) is 5.02 Å². The second-order valence-corrected chi connectivity index (χ2v) is 7.59. The summed E-state index contributed by atoms with van der Waals surface area (Å²) >= 11 is 5.96. The molecule has 2 amide bonds. The van der Waals surface area contributed by atoms with Crippen molar-refractivity contribution in [2.75, 3.05) is 0 Å². The van der Waals surface area contributed by atoms with Gasteiger partial charge in [-0.2, -0.15) is 0 Å². The maximum absolute atomic E-state index is 14.1. The lowest BCUT2D eigenvalue weighted by Crippen LogP contribution is -2.51. The molecule has 156 valence electrons. The Morgan fingerprint density at radius 3 is 2.31 bits per heavy atom. The molecule has 0 spiro atoms. The first-order valence-corrected chi connectivity index (χ1v) is 10.3. The highest BCUT2D eigenvalue weighted by molar-refractivity contribution is 6.30. The average Bonchev–Trinajstić information content (AvgIpc) is 2.70. The molecule has 1 N–H and O–H groups in total. The minimum absolute atomic E-state index is 0.00982. The van der Waals surface area contributed by atoms with Crippen LogP contribution < -0.4 is 5.32 Å². The highest BCUT2D eigenvalue weighted by Gasteiger charge is 2.29. The lowest BCUT2D eigenvalue weighted by molar-refractivity contribution is -0.141. The Labute approximate surface area is 177 Å². The predicted octanol–water partition coefficient (Wildman–Crippen LogP) is 4.74. The van der Waals surface area contributed by atoms with E-state index in [9.17, 15) is 14.0 Å². The Morgan fingerprint density at radius 1 is 1.07 bits per heavy atom. The van der Waals surface area contributed by atoms with E-state index in [0.717, 1.165) is 12.0 Å². The number of nitrogens with zero attached hydrogens (tertiary/aromatic N) is 1. The van der Waals surface area contributed by atoms with Crippen molar-refractivity contribution >= 4 is 23.4 Å². The molecule has 0 aromatic heterocycles. The monoisotopic (exact) mass is 418 g/mol. The molecule has 2 atom stereocenters. The van der Waals surface area contributed by atoms with Gasteiger partial charge in [0.25, 0.3) is 0 Å². The van der Waals surface area contributed by atoms with E-state index in [2.05, 4.69) is 5.32 Å². The molecule has 4 nitrogen and oxygen atoms in total. The molecule has 0 aliphatic carbocycles. The summed E-state index contributed by atoms with van der Waals surface area (Å²) in [4.78, 5) is 27.5. The summed E-state index contributed by atoms with van der Waals surface area (Å²) in [6.45, 7) is 6.03. The Kier molecular flexibility index (Phi) is 8.65. The van der Waals surface area contributed by atoms with Crippen LogP contribution in [0.25, 0.3) is 0 Å². The Hall–Kier alpha value is -2.40. The molecule has 0 unspecified atom stereocenters. The number of amides is 2. The third kappa shape index (κ3) is 6.57. The molecule has 0 radical (unpaired) electrons. The van der Waals surface area contributed by atoms with Gasteiger partial charge in [0.1, 0.15) is 11.9 Å². The van der Waals surface area contributed by atoms with E-state index in [1.165, 1.54) is 11.0 Å². The van der Waals surface area contributed by atoms with Crippen LogP contribution in [0.5, 0.6) is 0 Å². The molecule has 0 fully saturated rings. The van der Waals surface area contributed by atoms with Gasteiger partial charge in [0, 0.05) is 17.6 Å². The van der Waals surface area contributed by atoms with Gasteiger partial charge in [-0.25, -0.2) is 4.39 Å². The fourth-order valence-corrected chi connectivity index (χ4v) is 3.18. The lowest BCUT2D eigenvalue weighted by Gasteiger charge is -2.31. The smallest absolute Gasteiger partial charge is 0.243 e. The maximum Gasteiger partial charge on any atom is 0.243 e. The van der Waals surface area contributed by atoms with Crippen LogP contribution in [-0.4, -0.2) is 28.8 Å². The van der Waals surface area contributed by atoms with Gasteiger partial charge in [0.05, 0.1) is 6.42 Å². The van der Waals surface area contributed by atoms with E-state index in [0.29, 0.717) is 17.0 Å². The van der Waals surface area contributed by atoms with E-state index in [1.807, 2.05) is 32.9 Å². The van der Waals surface area contributed by atoms with E-state index in [1.54, 1.807) is 30.3 Å². The van der Waals surface area contributed by atoms with Gasteiger partial charge in [-0.3, -0.25) is 9.59 Å². The highest BCUT2D eigenvalue weighted by Crippen LogP contribution is 2.18. The molecule has 0 heterocycles. The van der Waals surface area contributed by atoms with Crippen LogP contribution >= 0.6 is 11.6 Å². The third-order valence-electron chi connectivity index (χ3n) is 4.95. The molecular formula is C23H28ClFN2O2. The van der Waals surface area contributed by atoms with Gasteiger partial charge >= 0.3 is 0 Å². The summed E-state index contributed by atoms with van der Waals surface area (Å²) in [5, 5.41) is 3.55. The quantitative estimate of drug-likeness (QED) is 0.639. The van der Waals surface area contributed by atoms with Gasteiger partial charge in [0.2, 0.25) is 11.8 Å². The molecular weight excluding hydrogens is 391 g/mol. The number of hydrogen-bond acceptors (Lipinski definition) is 2. The zero-order valence-corrected chi connectivity index (χ0v) is 17.9. The molecule has 0 aliphatic rings. The minimum atomic E-state index is -0.640. The van der Waals surface area contributed by atoms with Crippen LogP contribution in [0.4, 0.5) is 4.39 Å². The molecule has 0 aliphatic heterocycles. The van der Waals surface area contributed by atoms with Crippen LogP contribution in [0.3, 0.4) is 0 Å². The number of carbonyl (C=O) groups excluding carboxylic acids is 2. The van der Waals surface area contributed by atoms with Crippen LogP contribution in [-0.2, 0) is 22.6 Å². The molecule has 29 heavy (non-hydrogen) atoms. The summed E-state index contributed by atoms with van der Waals surface area (Å²) in [5.41, 5.74) is 1.17. The zero-order valence-electron chi connectivity index (χ0n) is 17.1. The molecule has 2 aromatic carbocycles. The van der Waals surface area contributed by atoms with Crippen molar-refractivity contribution in [2.24, 2.45) is 0 Å². The number of halogens is 2. The largest absolute Gasteiger partial charge is 0.352 e. The van der Waals surface area contributed by atoms with Crippen molar-refractivity contribution in [1.82, 2.24) is 10.2 Å². The Bertz CT molecular complexity index is 826. The van der Waals surface area contributed by atoms with Crippen molar-refractivity contribution in [3.05, 3.63) is 70.5 Å². The van der Waals surface area contributed by atoms with Gasteiger partial charge in [-0.1, -0.05) is 55.8 Å². The van der Waals surface area contributed by atoms with Crippen molar-refractivity contribution in [2.45, 2.75) is 58.7 Å². The molecule has 6 heteroatoms. The number of benzene rings is 2. The molecule has 0 bridgehead atoms. The van der Waals surface area contributed by atoms with Crippen LogP contribution in [0.15, 0.2) is 48.5 Å². The second kappa shape index (κ2) is 11.0. The first-order valence-electron chi connectivity index (χ1n) is 9.93. The fourth-order valence-electron chi connectivity index (χ4n) is 3.05. The minimum Gasteiger partial charge on any atom is -0.352 e. The van der Waals surface area contributed by atoms with E-state index >= 15 is 0 Å². The SMILES string of the molecule is CC[C@@H](C)NC(=O)[C@H](CC)N(Cc1ccc(Cl)cc1)C(=O)Cc1ccccc1F. The van der Waals surface area contributed by atoms with Crippen LogP contribution in [0, 0.1) is 5.82 Å². The van der Waals surface area contributed by atoms with Gasteiger partial charge in [-0.15, -0.1) is 0 Å². The van der Waals surface area contributed by atoms with Gasteiger partial charge < -0.3 is 10.2 Å². The number of rotatable bonds is 9. The molecule has 2 aromatic rings. The number of carbonyl (C=O) groups is 2. The summed E-state index contributed by atoms with van der Waals surface area (Å²) in [5.74, 6) is -0.918.